The number of carbonyl (C=O) groups excluding carboxylic acids is 3. The molecule has 3 aromatic rings. The number of anilines is 1. The van der Waals surface area contributed by atoms with Gasteiger partial charge in [0.05, 0.1) is 16.2 Å². The van der Waals surface area contributed by atoms with Gasteiger partial charge in [-0.25, -0.2) is 4.98 Å². The van der Waals surface area contributed by atoms with Crippen molar-refractivity contribution in [1.82, 2.24) is 9.88 Å². The molecule has 180 valence electrons. The summed E-state index contributed by atoms with van der Waals surface area (Å²) in [5.41, 5.74) is 1.19. The Morgan fingerprint density at radius 2 is 1.91 bits per heavy atom. The molecule has 0 bridgehead atoms. The molecule has 0 spiro atoms. The molecular formula is C24H21ClN4O5S. The van der Waals surface area contributed by atoms with E-state index < -0.39 is 16.7 Å². The molecule has 4 rings (SSSR count). The average molecular weight is 513 g/mol. The summed E-state index contributed by atoms with van der Waals surface area (Å²) in [6.45, 7) is 2.07. The maximum absolute atomic E-state index is 12.6. The Balaban J connectivity index is 1.25. The zero-order valence-electron chi connectivity index (χ0n) is 18.7. The van der Waals surface area contributed by atoms with Crippen molar-refractivity contribution in [3.05, 3.63) is 73.6 Å². The predicted molar refractivity (Wildman–Crippen MR) is 133 cm³/mol. The minimum absolute atomic E-state index is 0.0551. The number of nitro groups is 1. The van der Waals surface area contributed by atoms with E-state index in [1.165, 1.54) is 29.5 Å². The van der Waals surface area contributed by atoms with Gasteiger partial charge in [0.1, 0.15) is 5.56 Å². The summed E-state index contributed by atoms with van der Waals surface area (Å²) in [6.07, 6.45) is 1.91. The summed E-state index contributed by atoms with van der Waals surface area (Å²) in [5, 5.41) is 15.1. The lowest BCUT2D eigenvalue weighted by atomic mass is 10.1. The third kappa shape index (κ3) is 5.23. The molecule has 2 aromatic carbocycles. The van der Waals surface area contributed by atoms with Crippen molar-refractivity contribution in [3.8, 4) is 11.3 Å². The smallest absolute Gasteiger partial charge is 0.282 e. The summed E-state index contributed by atoms with van der Waals surface area (Å²) < 4.78 is 0. The van der Waals surface area contributed by atoms with Crippen molar-refractivity contribution in [2.45, 2.75) is 32.6 Å². The molecule has 0 radical (unpaired) electrons. The van der Waals surface area contributed by atoms with Crippen molar-refractivity contribution >= 4 is 51.5 Å². The maximum Gasteiger partial charge on any atom is 0.282 e. The van der Waals surface area contributed by atoms with Crippen LogP contribution in [0.25, 0.3) is 11.3 Å². The molecule has 0 unspecified atom stereocenters. The molecule has 1 N–H and O–H groups in total. The Labute approximate surface area is 209 Å². The first kappa shape index (κ1) is 24.5. The highest BCUT2D eigenvalue weighted by Gasteiger charge is 2.40. The first-order valence-electron chi connectivity index (χ1n) is 10.9. The highest BCUT2D eigenvalue weighted by atomic mass is 35.5. The van der Waals surface area contributed by atoms with Crippen LogP contribution in [0, 0.1) is 17.0 Å². The van der Waals surface area contributed by atoms with Crippen molar-refractivity contribution < 1.29 is 19.3 Å². The van der Waals surface area contributed by atoms with Gasteiger partial charge in [0, 0.05) is 34.5 Å². The van der Waals surface area contributed by atoms with Crippen molar-refractivity contribution in [3.63, 3.8) is 0 Å². The van der Waals surface area contributed by atoms with E-state index in [1.54, 1.807) is 6.07 Å². The van der Waals surface area contributed by atoms with Crippen LogP contribution in [0.3, 0.4) is 0 Å². The number of amides is 3. The first-order valence-corrected chi connectivity index (χ1v) is 12.1. The van der Waals surface area contributed by atoms with Crippen molar-refractivity contribution in [1.29, 1.82) is 0 Å². The normalized spacial score (nSPS) is 12.7. The van der Waals surface area contributed by atoms with Gasteiger partial charge in [-0.1, -0.05) is 36.2 Å². The van der Waals surface area contributed by atoms with Gasteiger partial charge in [-0.2, -0.15) is 0 Å². The molecule has 0 atom stereocenters. The molecule has 0 aliphatic carbocycles. The number of hydrogen-bond donors (Lipinski definition) is 1. The van der Waals surface area contributed by atoms with Crippen LogP contribution >= 0.6 is 22.9 Å². The lowest BCUT2D eigenvalue weighted by Crippen LogP contribution is -2.30. The zero-order chi connectivity index (χ0) is 25.1. The zero-order valence-corrected chi connectivity index (χ0v) is 20.3. The van der Waals surface area contributed by atoms with E-state index in [-0.39, 0.29) is 35.7 Å². The van der Waals surface area contributed by atoms with Gasteiger partial charge in [-0.3, -0.25) is 29.4 Å². The number of hydrogen-bond acceptors (Lipinski definition) is 7. The van der Waals surface area contributed by atoms with Crippen LogP contribution in [-0.4, -0.2) is 39.1 Å². The molecule has 11 heteroatoms. The average Bonchev–Trinajstić information content (AvgIpc) is 3.30. The second-order valence-corrected chi connectivity index (χ2v) is 9.65. The fraction of sp³-hybridized carbons (Fsp3) is 0.250. The number of fused-ring (bicyclic) bond motifs is 1. The van der Waals surface area contributed by atoms with Crippen LogP contribution in [0.2, 0.25) is 5.02 Å². The van der Waals surface area contributed by atoms with Crippen molar-refractivity contribution in [2.24, 2.45) is 0 Å². The molecule has 1 aromatic heterocycles. The summed E-state index contributed by atoms with van der Waals surface area (Å²) >= 11 is 7.45. The fourth-order valence-corrected chi connectivity index (χ4v) is 4.98. The van der Waals surface area contributed by atoms with Gasteiger partial charge in [0.15, 0.2) is 5.13 Å². The highest BCUT2D eigenvalue weighted by molar-refractivity contribution is 7.16. The molecule has 3 amide bonds. The molecule has 1 aliphatic rings. The molecule has 35 heavy (non-hydrogen) atoms. The van der Waals surface area contributed by atoms with Gasteiger partial charge in [-0.15, -0.1) is 11.3 Å². The maximum atomic E-state index is 12.6. The highest BCUT2D eigenvalue weighted by Crippen LogP contribution is 2.32. The Hall–Kier alpha value is -3.63. The van der Waals surface area contributed by atoms with Gasteiger partial charge >= 0.3 is 0 Å². The molecule has 0 fully saturated rings. The molecule has 9 nitrogen and oxygen atoms in total. The Morgan fingerprint density at radius 3 is 2.66 bits per heavy atom. The number of nitro benzene ring substituents is 1. The SMILES string of the molecule is Cc1sc(NC(=O)CCCCCN2C(=O)c3cccc([N+](=O)[O-])c3C2=O)nc1-c1cccc(Cl)c1. The van der Waals surface area contributed by atoms with Crippen LogP contribution in [-0.2, 0) is 4.79 Å². The second kappa shape index (κ2) is 10.3. The van der Waals surface area contributed by atoms with E-state index in [0.717, 1.165) is 21.0 Å². The van der Waals surface area contributed by atoms with E-state index in [9.17, 15) is 24.5 Å². The summed E-state index contributed by atoms with van der Waals surface area (Å²) in [7, 11) is 0. The number of thiazole rings is 1. The number of rotatable bonds is 9. The lowest BCUT2D eigenvalue weighted by molar-refractivity contribution is -0.385. The number of halogens is 1. The third-order valence-corrected chi connectivity index (χ3v) is 6.72. The summed E-state index contributed by atoms with van der Waals surface area (Å²) in [6, 6.07) is 11.4. The molecule has 2 heterocycles. The lowest BCUT2D eigenvalue weighted by Gasteiger charge is -2.13. The number of aryl methyl sites for hydroxylation is 1. The van der Waals surface area contributed by atoms with Crippen LogP contribution in [0.1, 0.15) is 51.3 Å². The Bertz CT molecular complexity index is 1340. The number of imide groups is 1. The Kier molecular flexibility index (Phi) is 7.23. The van der Waals surface area contributed by atoms with E-state index in [2.05, 4.69) is 10.3 Å². The number of benzene rings is 2. The largest absolute Gasteiger partial charge is 0.302 e. The topological polar surface area (TPSA) is 123 Å². The van der Waals surface area contributed by atoms with Gasteiger partial charge in [0.25, 0.3) is 17.5 Å². The summed E-state index contributed by atoms with van der Waals surface area (Å²) in [4.78, 5) is 54.5. The van der Waals surface area contributed by atoms with E-state index >= 15 is 0 Å². The first-order chi connectivity index (χ1) is 16.8. The van der Waals surface area contributed by atoms with Gasteiger partial charge in [-0.05, 0) is 38.0 Å². The van der Waals surface area contributed by atoms with Gasteiger partial charge < -0.3 is 5.32 Å². The van der Waals surface area contributed by atoms with Gasteiger partial charge in [0.2, 0.25) is 5.91 Å². The minimum Gasteiger partial charge on any atom is -0.302 e. The molecular weight excluding hydrogens is 492 g/mol. The van der Waals surface area contributed by atoms with Crippen molar-refractivity contribution in [2.75, 3.05) is 11.9 Å². The van der Waals surface area contributed by atoms with Crippen LogP contribution in [0.15, 0.2) is 42.5 Å². The third-order valence-electron chi connectivity index (χ3n) is 5.60. The minimum atomic E-state index is -0.659. The number of nitrogens with zero attached hydrogens (tertiary/aromatic N) is 3. The summed E-state index contributed by atoms with van der Waals surface area (Å²) in [5.74, 6) is -1.35. The van der Waals surface area contributed by atoms with Crippen LogP contribution < -0.4 is 5.32 Å². The predicted octanol–water partition coefficient (Wildman–Crippen LogP) is 5.48. The number of unbranched alkanes of at least 4 members (excludes halogenated alkanes) is 2. The van der Waals surface area contributed by atoms with E-state index in [1.807, 2.05) is 25.1 Å². The standard InChI is InChI=1S/C24H21ClN4O5S/c1-14-21(15-7-5-8-16(25)13-15)27-24(35-14)26-19(30)11-3-2-4-12-28-22(31)17-9-6-10-18(29(33)34)20(17)23(28)32/h5-10,13H,2-4,11-12H2,1H3,(H,26,27,30). The molecule has 0 saturated carbocycles. The van der Waals surface area contributed by atoms with E-state index in [0.29, 0.717) is 29.4 Å². The number of aromatic nitrogens is 1. The second-order valence-electron chi connectivity index (χ2n) is 8.01. The molecule has 0 saturated heterocycles. The fourth-order valence-electron chi connectivity index (χ4n) is 3.94. The molecule has 1 aliphatic heterocycles. The monoisotopic (exact) mass is 512 g/mol. The number of carbonyl (C=O) groups is 3. The quantitative estimate of drug-likeness (QED) is 0.175. The Morgan fingerprint density at radius 1 is 1.14 bits per heavy atom. The number of nitrogens with one attached hydrogen (secondary N) is 1. The van der Waals surface area contributed by atoms with E-state index in [4.69, 9.17) is 11.6 Å². The van der Waals surface area contributed by atoms with Crippen LogP contribution in [0.5, 0.6) is 0 Å². The van der Waals surface area contributed by atoms with Crippen LogP contribution in [0.4, 0.5) is 10.8 Å².